The molecule has 0 bridgehead atoms. The van der Waals surface area contributed by atoms with Gasteiger partial charge in [-0.15, -0.1) is 0 Å². The molecule has 1 unspecified atom stereocenters. The fourth-order valence-corrected chi connectivity index (χ4v) is 3.60. The van der Waals surface area contributed by atoms with Crippen molar-refractivity contribution in [3.63, 3.8) is 0 Å². The molecule has 2 aromatic rings. The number of nitrogens with one attached hydrogen (secondary N) is 2. The second kappa shape index (κ2) is 5.29. The number of benzene rings is 1. The van der Waals surface area contributed by atoms with Gasteiger partial charge in [-0.1, -0.05) is 26.3 Å². The van der Waals surface area contributed by atoms with Gasteiger partial charge in [0.25, 0.3) is 0 Å². The smallest absolute Gasteiger partial charge is 0.0484 e. The average Bonchev–Trinajstić information content (AvgIpc) is 2.77. The molecule has 1 saturated heterocycles. The Labute approximate surface area is 123 Å². The molecule has 1 aromatic carbocycles. The topological polar surface area (TPSA) is 27.8 Å². The molecule has 2 heterocycles. The SMILES string of the molecule is CC(C)c1ccc2[nH]c(C3CCCCN3)c(Br)c2c1. The van der Waals surface area contributed by atoms with Gasteiger partial charge < -0.3 is 10.3 Å². The summed E-state index contributed by atoms with van der Waals surface area (Å²) in [7, 11) is 0. The molecule has 19 heavy (non-hydrogen) atoms. The molecule has 0 amide bonds. The van der Waals surface area contributed by atoms with Crippen LogP contribution in [-0.4, -0.2) is 11.5 Å². The zero-order chi connectivity index (χ0) is 13.4. The van der Waals surface area contributed by atoms with Crippen LogP contribution in [0.4, 0.5) is 0 Å². The highest BCUT2D eigenvalue weighted by molar-refractivity contribution is 9.10. The van der Waals surface area contributed by atoms with Gasteiger partial charge in [-0.2, -0.15) is 0 Å². The van der Waals surface area contributed by atoms with E-state index in [-0.39, 0.29) is 0 Å². The van der Waals surface area contributed by atoms with Gasteiger partial charge in [0.1, 0.15) is 0 Å². The Morgan fingerprint density at radius 1 is 1.26 bits per heavy atom. The Hall–Kier alpha value is -0.800. The lowest BCUT2D eigenvalue weighted by Crippen LogP contribution is -2.27. The van der Waals surface area contributed by atoms with Crippen LogP contribution in [0.15, 0.2) is 22.7 Å². The first-order valence-electron chi connectivity index (χ1n) is 7.21. The second-order valence-electron chi connectivity index (χ2n) is 5.81. The lowest BCUT2D eigenvalue weighted by atomic mass is 10.0. The van der Waals surface area contributed by atoms with Crippen LogP contribution in [0.25, 0.3) is 10.9 Å². The van der Waals surface area contributed by atoms with Crippen molar-refractivity contribution in [2.45, 2.75) is 45.1 Å². The molecule has 3 rings (SSSR count). The number of aromatic nitrogens is 1. The number of hydrogen-bond acceptors (Lipinski definition) is 1. The van der Waals surface area contributed by atoms with Crippen molar-refractivity contribution in [1.82, 2.24) is 10.3 Å². The molecule has 1 aliphatic heterocycles. The summed E-state index contributed by atoms with van der Waals surface area (Å²) in [5.74, 6) is 0.572. The van der Waals surface area contributed by atoms with Crippen molar-refractivity contribution in [3.05, 3.63) is 33.9 Å². The van der Waals surface area contributed by atoms with Crippen molar-refractivity contribution in [2.24, 2.45) is 0 Å². The quantitative estimate of drug-likeness (QED) is 0.811. The average molecular weight is 321 g/mol. The molecule has 0 saturated carbocycles. The van der Waals surface area contributed by atoms with Crippen molar-refractivity contribution >= 4 is 26.8 Å². The summed E-state index contributed by atoms with van der Waals surface area (Å²) in [6.45, 7) is 5.61. The Morgan fingerprint density at radius 2 is 2.11 bits per heavy atom. The molecule has 3 heteroatoms. The van der Waals surface area contributed by atoms with Crippen LogP contribution >= 0.6 is 15.9 Å². The van der Waals surface area contributed by atoms with Gasteiger partial charge >= 0.3 is 0 Å². The Morgan fingerprint density at radius 3 is 2.79 bits per heavy atom. The van der Waals surface area contributed by atoms with Crippen LogP contribution in [0.5, 0.6) is 0 Å². The summed E-state index contributed by atoms with van der Waals surface area (Å²) in [4.78, 5) is 3.59. The molecule has 1 aromatic heterocycles. The summed E-state index contributed by atoms with van der Waals surface area (Å²) in [6.07, 6.45) is 3.84. The molecule has 0 aliphatic carbocycles. The molecular formula is C16H21BrN2. The zero-order valence-electron chi connectivity index (χ0n) is 11.6. The number of hydrogen-bond donors (Lipinski definition) is 2. The third-order valence-corrected chi connectivity index (χ3v) is 4.97. The third kappa shape index (κ3) is 2.46. The van der Waals surface area contributed by atoms with Crippen molar-refractivity contribution < 1.29 is 0 Å². The minimum absolute atomic E-state index is 0.470. The van der Waals surface area contributed by atoms with E-state index in [9.17, 15) is 0 Å². The van der Waals surface area contributed by atoms with Gasteiger partial charge in [-0.25, -0.2) is 0 Å². The molecule has 2 nitrogen and oxygen atoms in total. The molecule has 102 valence electrons. The van der Waals surface area contributed by atoms with E-state index in [4.69, 9.17) is 0 Å². The first kappa shape index (κ1) is 13.2. The highest BCUT2D eigenvalue weighted by Gasteiger charge is 2.20. The Kier molecular flexibility index (Phi) is 3.68. The summed E-state index contributed by atoms with van der Waals surface area (Å²) in [6, 6.07) is 7.22. The molecule has 1 atom stereocenters. The van der Waals surface area contributed by atoms with Crippen molar-refractivity contribution in [1.29, 1.82) is 0 Å². The van der Waals surface area contributed by atoms with Crippen LogP contribution in [0, 0.1) is 0 Å². The van der Waals surface area contributed by atoms with Crippen LogP contribution in [0.1, 0.15) is 56.3 Å². The van der Waals surface area contributed by atoms with E-state index in [1.165, 1.54) is 45.9 Å². The zero-order valence-corrected chi connectivity index (χ0v) is 13.2. The Bertz CT molecular complexity index is 580. The largest absolute Gasteiger partial charge is 0.356 e. The number of piperidine rings is 1. The molecule has 0 radical (unpaired) electrons. The highest BCUT2D eigenvalue weighted by atomic mass is 79.9. The van der Waals surface area contributed by atoms with E-state index in [2.05, 4.69) is 58.3 Å². The molecule has 2 N–H and O–H groups in total. The lowest BCUT2D eigenvalue weighted by molar-refractivity contribution is 0.406. The van der Waals surface area contributed by atoms with E-state index >= 15 is 0 Å². The highest BCUT2D eigenvalue weighted by Crippen LogP contribution is 2.35. The minimum atomic E-state index is 0.470. The summed E-state index contributed by atoms with van der Waals surface area (Å²) >= 11 is 3.80. The van der Waals surface area contributed by atoms with Crippen molar-refractivity contribution in [3.8, 4) is 0 Å². The first-order chi connectivity index (χ1) is 9.16. The van der Waals surface area contributed by atoms with Gasteiger partial charge in [0.05, 0.1) is 0 Å². The van der Waals surface area contributed by atoms with Gasteiger partial charge in [0.2, 0.25) is 0 Å². The van der Waals surface area contributed by atoms with Crippen LogP contribution in [-0.2, 0) is 0 Å². The van der Waals surface area contributed by atoms with Crippen LogP contribution in [0.2, 0.25) is 0 Å². The Balaban J connectivity index is 2.04. The standard InChI is InChI=1S/C16H21BrN2/c1-10(2)11-6-7-13-12(9-11)15(17)16(19-13)14-5-3-4-8-18-14/h6-7,9-10,14,18-19H,3-5,8H2,1-2H3. The normalized spacial score (nSPS) is 20.3. The number of halogens is 1. The fourth-order valence-electron chi connectivity index (χ4n) is 2.89. The predicted octanol–water partition coefficient (Wildman–Crippen LogP) is 4.87. The maximum absolute atomic E-state index is 3.80. The van der Waals surface area contributed by atoms with Crippen LogP contribution < -0.4 is 5.32 Å². The maximum Gasteiger partial charge on any atom is 0.0484 e. The van der Waals surface area contributed by atoms with E-state index in [0.717, 1.165) is 6.54 Å². The number of aromatic amines is 1. The van der Waals surface area contributed by atoms with Crippen LogP contribution in [0.3, 0.4) is 0 Å². The van der Waals surface area contributed by atoms with Gasteiger partial charge in [-0.05, 0) is 58.9 Å². The third-order valence-electron chi connectivity index (χ3n) is 4.11. The monoisotopic (exact) mass is 320 g/mol. The number of rotatable bonds is 2. The first-order valence-corrected chi connectivity index (χ1v) is 8.00. The number of fused-ring (bicyclic) bond motifs is 1. The summed E-state index contributed by atoms with van der Waals surface area (Å²) in [5.41, 5.74) is 3.95. The molecular weight excluding hydrogens is 300 g/mol. The maximum atomic E-state index is 3.80. The summed E-state index contributed by atoms with van der Waals surface area (Å²) in [5, 5.41) is 4.93. The minimum Gasteiger partial charge on any atom is -0.356 e. The molecule has 1 fully saturated rings. The lowest BCUT2D eigenvalue weighted by Gasteiger charge is -2.22. The van der Waals surface area contributed by atoms with Gasteiger partial charge in [0, 0.05) is 27.1 Å². The predicted molar refractivity (Wildman–Crippen MR) is 84.7 cm³/mol. The van der Waals surface area contributed by atoms with E-state index in [0.29, 0.717) is 12.0 Å². The van der Waals surface area contributed by atoms with E-state index < -0.39 is 0 Å². The summed E-state index contributed by atoms with van der Waals surface area (Å²) < 4.78 is 1.24. The molecule has 0 spiro atoms. The van der Waals surface area contributed by atoms with E-state index in [1.54, 1.807) is 0 Å². The fraction of sp³-hybridized carbons (Fsp3) is 0.500. The van der Waals surface area contributed by atoms with E-state index in [1.807, 2.05) is 0 Å². The second-order valence-corrected chi connectivity index (χ2v) is 6.61. The van der Waals surface area contributed by atoms with Gasteiger partial charge in [0.15, 0.2) is 0 Å². The van der Waals surface area contributed by atoms with Gasteiger partial charge in [-0.3, -0.25) is 0 Å². The van der Waals surface area contributed by atoms with Crippen molar-refractivity contribution in [2.75, 3.05) is 6.54 Å². The molecule has 1 aliphatic rings. The number of H-pyrrole nitrogens is 1.